The fourth-order valence-corrected chi connectivity index (χ4v) is 3.28. The van der Waals surface area contributed by atoms with Crippen molar-refractivity contribution in [2.24, 2.45) is 0 Å². The number of halogens is 1. The first-order valence-electron chi connectivity index (χ1n) is 10.3. The highest BCUT2D eigenvalue weighted by atomic mass is 19.1. The zero-order valence-corrected chi connectivity index (χ0v) is 17.0. The molecule has 2 aromatic rings. The van der Waals surface area contributed by atoms with Crippen molar-refractivity contribution in [3.8, 4) is 11.1 Å². The Morgan fingerprint density at radius 2 is 1.30 bits per heavy atom. The van der Waals surface area contributed by atoms with Gasteiger partial charge in [0.15, 0.2) is 0 Å². The third-order valence-corrected chi connectivity index (χ3v) is 5.25. The van der Waals surface area contributed by atoms with Crippen LogP contribution in [-0.4, -0.2) is 29.6 Å². The van der Waals surface area contributed by atoms with E-state index in [9.17, 15) is 9.50 Å². The summed E-state index contributed by atoms with van der Waals surface area (Å²) in [5.41, 5.74) is 2.09. The molecule has 2 aromatic carbocycles. The van der Waals surface area contributed by atoms with Crippen LogP contribution in [0.2, 0.25) is 0 Å². The van der Waals surface area contributed by atoms with Crippen molar-refractivity contribution in [2.45, 2.75) is 58.5 Å². The minimum absolute atomic E-state index is 0.228. The van der Waals surface area contributed by atoms with Crippen molar-refractivity contribution >= 4 is 0 Å². The largest absolute Gasteiger partial charge is 0.385 e. The Morgan fingerprint density at radius 1 is 0.815 bits per heavy atom. The molecular formula is C24H34FNO. The first kappa shape index (κ1) is 21.6. The fourth-order valence-electron chi connectivity index (χ4n) is 3.28. The summed E-state index contributed by atoms with van der Waals surface area (Å²) in [6.45, 7) is 9.46. The van der Waals surface area contributed by atoms with Crippen LogP contribution >= 0.6 is 0 Å². The van der Waals surface area contributed by atoms with Gasteiger partial charge >= 0.3 is 0 Å². The quantitative estimate of drug-likeness (QED) is 0.524. The van der Waals surface area contributed by atoms with Gasteiger partial charge in [-0.3, -0.25) is 0 Å². The molecule has 1 N–H and O–H groups in total. The molecular weight excluding hydrogens is 337 g/mol. The van der Waals surface area contributed by atoms with Gasteiger partial charge in [0.25, 0.3) is 0 Å². The number of benzene rings is 2. The maximum Gasteiger partial charge on any atom is 0.123 e. The smallest absolute Gasteiger partial charge is 0.123 e. The van der Waals surface area contributed by atoms with Crippen LogP contribution in [0.5, 0.6) is 0 Å². The van der Waals surface area contributed by atoms with E-state index < -0.39 is 5.60 Å². The van der Waals surface area contributed by atoms with Gasteiger partial charge in [0.1, 0.15) is 5.82 Å². The summed E-state index contributed by atoms with van der Waals surface area (Å²) in [6.07, 6.45) is 5.53. The lowest BCUT2D eigenvalue weighted by atomic mass is 9.90. The highest BCUT2D eigenvalue weighted by molar-refractivity contribution is 5.63. The van der Waals surface area contributed by atoms with E-state index in [1.165, 1.54) is 37.8 Å². The van der Waals surface area contributed by atoms with Gasteiger partial charge in [0.05, 0.1) is 5.60 Å². The predicted molar refractivity (Wildman–Crippen MR) is 112 cm³/mol. The van der Waals surface area contributed by atoms with E-state index in [2.05, 4.69) is 18.7 Å². The first-order chi connectivity index (χ1) is 13.0. The van der Waals surface area contributed by atoms with Gasteiger partial charge in [0.2, 0.25) is 0 Å². The fraction of sp³-hybridized carbons (Fsp3) is 0.500. The molecule has 0 spiro atoms. The van der Waals surface area contributed by atoms with Crippen LogP contribution in [0, 0.1) is 5.82 Å². The predicted octanol–water partition coefficient (Wildman–Crippen LogP) is 5.99. The van der Waals surface area contributed by atoms with Crippen molar-refractivity contribution in [1.82, 2.24) is 4.90 Å². The maximum absolute atomic E-state index is 13.1. The van der Waals surface area contributed by atoms with E-state index in [1.54, 1.807) is 12.1 Å². The lowest BCUT2D eigenvalue weighted by molar-refractivity contribution is 0.0355. The molecule has 0 saturated carbocycles. The van der Waals surface area contributed by atoms with Crippen molar-refractivity contribution in [3.05, 3.63) is 59.9 Å². The SMILES string of the molecule is CCCCN(CCCC)CCC(C)(O)c1ccc(-c2ccc(F)cc2)cc1. The molecule has 3 heteroatoms. The van der Waals surface area contributed by atoms with Gasteiger partial charge in [-0.05, 0) is 68.1 Å². The number of unbranched alkanes of at least 4 members (excludes halogenated alkanes) is 2. The van der Waals surface area contributed by atoms with Crippen LogP contribution in [0.15, 0.2) is 48.5 Å². The third kappa shape index (κ3) is 6.75. The topological polar surface area (TPSA) is 23.5 Å². The Kier molecular flexibility index (Phi) is 8.46. The van der Waals surface area contributed by atoms with Gasteiger partial charge in [0, 0.05) is 6.54 Å². The Balaban J connectivity index is 2.00. The van der Waals surface area contributed by atoms with E-state index in [0.29, 0.717) is 0 Å². The Hall–Kier alpha value is -1.71. The van der Waals surface area contributed by atoms with E-state index >= 15 is 0 Å². The Morgan fingerprint density at radius 3 is 1.78 bits per heavy atom. The second-order valence-corrected chi connectivity index (χ2v) is 7.66. The molecule has 148 valence electrons. The molecule has 27 heavy (non-hydrogen) atoms. The maximum atomic E-state index is 13.1. The molecule has 0 amide bonds. The zero-order valence-electron chi connectivity index (χ0n) is 17.0. The van der Waals surface area contributed by atoms with Crippen LogP contribution < -0.4 is 0 Å². The second-order valence-electron chi connectivity index (χ2n) is 7.66. The minimum Gasteiger partial charge on any atom is -0.385 e. The molecule has 0 aliphatic rings. The first-order valence-corrected chi connectivity index (χ1v) is 10.3. The molecule has 0 radical (unpaired) electrons. The molecule has 0 bridgehead atoms. The van der Waals surface area contributed by atoms with Crippen LogP contribution in [-0.2, 0) is 5.60 Å². The third-order valence-electron chi connectivity index (χ3n) is 5.25. The summed E-state index contributed by atoms with van der Waals surface area (Å²) in [5, 5.41) is 11.0. The minimum atomic E-state index is -0.849. The van der Waals surface area contributed by atoms with E-state index in [0.717, 1.165) is 42.7 Å². The van der Waals surface area contributed by atoms with Crippen molar-refractivity contribution in [3.63, 3.8) is 0 Å². The number of aliphatic hydroxyl groups is 1. The van der Waals surface area contributed by atoms with Crippen LogP contribution in [0.25, 0.3) is 11.1 Å². The molecule has 2 rings (SSSR count). The number of hydrogen-bond donors (Lipinski definition) is 1. The molecule has 0 aliphatic heterocycles. The highest BCUT2D eigenvalue weighted by Crippen LogP contribution is 2.28. The summed E-state index contributed by atoms with van der Waals surface area (Å²) >= 11 is 0. The average Bonchev–Trinajstić information content (AvgIpc) is 2.68. The average molecular weight is 372 g/mol. The van der Waals surface area contributed by atoms with Crippen molar-refractivity contribution < 1.29 is 9.50 Å². The summed E-state index contributed by atoms with van der Waals surface area (Å²) < 4.78 is 13.1. The molecule has 0 aromatic heterocycles. The molecule has 0 fully saturated rings. The zero-order chi connectivity index (χ0) is 19.7. The molecule has 2 nitrogen and oxygen atoms in total. The number of nitrogens with zero attached hydrogens (tertiary/aromatic N) is 1. The van der Waals surface area contributed by atoms with Gasteiger partial charge in [-0.15, -0.1) is 0 Å². The lowest BCUT2D eigenvalue weighted by Gasteiger charge is -2.29. The van der Waals surface area contributed by atoms with Crippen LogP contribution in [0.4, 0.5) is 4.39 Å². The monoisotopic (exact) mass is 371 g/mol. The second kappa shape index (κ2) is 10.6. The molecule has 1 unspecified atom stereocenters. The van der Waals surface area contributed by atoms with E-state index in [1.807, 2.05) is 31.2 Å². The highest BCUT2D eigenvalue weighted by Gasteiger charge is 2.23. The molecule has 0 heterocycles. The van der Waals surface area contributed by atoms with Gasteiger partial charge < -0.3 is 10.0 Å². The van der Waals surface area contributed by atoms with Gasteiger partial charge in [-0.1, -0.05) is 63.1 Å². The number of rotatable bonds is 11. The van der Waals surface area contributed by atoms with Crippen molar-refractivity contribution in [2.75, 3.05) is 19.6 Å². The Bertz CT molecular complexity index is 656. The Labute approximate surface area is 164 Å². The van der Waals surface area contributed by atoms with Gasteiger partial charge in [-0.25, -0.2) is 4.39 Å². The standard InChI is InChI=1S/C24H34FNO/c1-4-6-17-26(18-7-5-2)19-16-24(3,27)22-12-8-20(9-13-22)21-10-14-23(25)15-11-21/h8-15,27H,4-7,16-19H2,1-3H3. The number of hydrogen-bond acceptors (Lipinski definition) is 2. The van der Waals surface area contributed by atoms with Crippen molar-refractivity contribution in [1.29, 1.82) is 0 Å². The summed E-state index contributed by atoms with van der Waals surface area (Å²) in [4.78, 5) is 2.48. The summed E-state index contributed by atoms with van der Waals surface area (Å²) in [5.74, 6) is -0.228. The molecule has 0 saturated heterocycles. The van der Waals surface area contributed by atoms with E-state index in [-0.39, 0.29) is 5.82 Å². The van der Waals surface area contributed by atoms with E-state index in [4.69, 9.17) is 0 Å². The van der Waals surface area contributed by atoms with Crippen LogP contribution in [0.1, 0.15) is 58.4 Å². The van der Waals surface area contributed by atoms with Crippen LogP contribution in [0.3, 0.4) is 0 Å². The van der Waals surface area contributed by atoms with Gasteiger partial charge in [-0.2, -0.15) is 0 Å². The normalized spacial score (nSPS) is 13.7. The summed E-state index contributed by atoms with van der Waals surface area (Å²) in [6, 6.07) is 14.5. The lowest BCUT2D eigenvalue weighted by Crippen LogP contribution is -2.33. The molecule has 0 aliphatic carbocycles. The molecule has 1 atom stereocenters. The summed E-state index contributed by atoms with van der Waals surface area (Å²) in [7, 11) is 0.